The number of sulfone groups is 1. The van der Waals surface area contributed by atoms with Crippen LogP contribution >= 0.6 is 0 Å². The maximum Gasteiger partial charge on any atom is 0.248 e. The number of carbonyl (C=O) groups is 1. The summed E-state index contributed by atoms with van der Waals surface area (Å²) in [6, 6.07) is 13.8. The predicted molar refractivity (Wildman–Crippen MR) is 112 cm³/mol. The minimum absolute atomic E-state index is 0.0574. The van der Waals surface area contributed by atoms with E-state index in [0.717, 1.165) is 11.6 Å². The molecule has 0 atom stereocenters. The van der Waals surface area contributed by atoms with E-state index in [1.807, 2.05) is 0 Å². The monoisotopic (exact) mass is 443 g/mol. The fourth-order valence-corrected chi connectivity index (χ4v) is 4.44. The Balaban J connectivity index is 1.76. The minimum Gasteiger partial charge on any atom is -0.323 e. The van der Waals surface area contributed by atoms with Crippen LogP contribution in [0.15, 0.2) is 93.8 Å². The van der Waals surface area contributed by atoms with Gasteiger partial charge in [0.15, 0.2) is 0 Å². The summed E-state index contributed by atoms with van der Waals surface area (Å²) in [5.74, 6) is -0.393. The number of anilines is 1. The van der Waals surface area contributed by atoms with Crippen molar-refractivity contribution >= 4 is 37.5 Å². The van der Waals surface area contributed by atoms with E-state index in [-0.39, 0.29) is 14.7 Å². The van der Waals surface area contributed by atoms with Gasteiger partial charge in [-0.1, -0.05) is 12.1 Å². The summed E-state index contributed by atoms with van der Waals surface area (Å²) < 4.78 is 48.5. The van der Waals surface area contributed by atoms with Crippen molar-refractivity contribution in [1.29, 1.82) is 0 Å². The molecule has 0 saturated carbocycles. The molecule has 1 amide bonds. The Kier molecular flexibility index (Phi) is 6.11. The van der Waals surface area contributed by atoms with Crippen molar-refractivity contribution in [2.45, 2.75) is 14.7 Å². The molecule has 0 saturated heterocycles. The second-order valence-corrected chi connectivity index (χ2v) is 9.67. The summed E-state index contributed by atoms with van der Waals surface area (Å²) in [6.45, 7) is 0. The molecule has 8 nitrogen and oxygen atoms in total. The summed E-state index contributed by atoms with van der Waals surface area (Å²) in [6.07, 6.45) is 6.16. The SMILES string of the molecule is NS(=O)(=O)c1cccc(S(=O)(=O)c2ccc(NC(=O)C=Cc3cccnc3)cc2)c1. The molecule has 2 aromatic carbocycles. The highest BCUT2D eigenvalue weighted by Crippen LogP contribution is 2.24. The first kappa shape index (κ1) is 21.4. The number of pyridine rings is 1. The van der Waals surface area contributed by atoms with Crippen LogP contribution in [0.5, 0.6) is 0 Å². The fraction of sp³-hybridized carbons (Fsp3) is 0. The van der Waals surface area contributed by atoms with Crippen LogP contribution < -0.4 is 10.5 Å². The average molecular weight is 444 g/mol. The molecule has 154 valence electrons. The van der Waals surface area contributed by atoms with Crippen LogP contribution in [0.3, 0.4) is 0 Å². The zero-order valence-electron chi connectivity index (χ0n) is 15.5. The van der Waals surface area contributed by atoms with Gasteiger partial charge in [-0.3, -0.25) is 9.78 Å². The molecule has 0 radical (unpaired) electrons. The average Bonchev–Trinajstić information content (AvgIpc) is 2.73. The normalized spacial score (nSPS) is 12.0. The highest BCUT2D eigenvalue weighted by molar-refractivity contribution is 7.91. The molecular weight excluding hydrogens is 426 g/mol. The molecule has 10 heteroatoms. The number of amides is 1. The lowest BCUT2D eigenvalue weighted by atomic mass is 10.2. The topological polar surface area (TPSA) is 136 Å². The number of nitrogens with two attached hydrogens (primary N) is 1. The lowest BCUT2D eigenvalue weighted by Crippen LogP contribution is -2.13. The summed E-state index contributed by atoms with van der Waals surface area (Å²) in [7, 11) is -8.00. The molecule has 30 heavy (non-hydrogen) atoms. The molecule has 3 N–H and O–H groups in total. The van der Waals surface area contributed by atoms with Crippen LogP contribution in [0.4, 0.5) is 5.69 Å². The summed E-state index contributed by atoms with van der Waals surface area (Å²) >= 11 is 0. The van der Waals surface area contributed by atoms with Crippen LogP contribution in [0.2, 0.25) is 0 Å². The van der Waals surface area contributed by atoms with E-state index in [1.165, 1.54) is 48.5 Å². The van der Waals surface area contributed by atoms with E-state index >= 15 is 0 Å². The van der Waals surface area contributed by atoms with Crippen molar-refractivity contribution in [1.82, 2.24) is 4.98 Å². The molecule has 3 aromatic rings. The van der Waals surface area contributed by atoms with E-state index in [1.54, 1.807) is 30.6 Å². The van der Waals surface area contributed by atoms with Crippen LogP contribution in [0, 0.1) is 0 Å². The molecule has 0 spiro atoms. The predicted octanol–water partition coefficient (Wildman–Crippen LogP) is 2.21. The third kappa shape index (κ3) is 5.17. The van der Waals surface area contributed by atoms with Gasteiger partial charge in [0.1, 0.15) is 0 Å². The molecule has 0 fully saturated rings. The van der Waals surface area contributed by atoms with Crippen molar-refractivity contribution in [2.75, 3.05) is 5.32 Å². The third-order valence-electron chi connectivity index (χ3n) is 3.99. The first-order chi connectivity index (χ1) is 14.2. The molecule has 0 aliphatic rings. The molecule has 0 unspecified atom stereocenters. The Morgan fingerprint density at radius 3 is 2.23 bits per heavy atom. The second kappa shape index (κ2) is 8.57. The molecule has 0 aliphatic carbocycles. The molecule has 1 aromatic heterocycles. The number of nitrogens with zero attached hydrogens (tertiary/aromatic N) is 1. The molecule has 0 aliphatic heterocycles. The van der Waals surface area contributed by atoms with Gasteiger partial charge >= 0.3 is 0 Å². The smallest absolute Gasteiger partial charge is 0.248 e. The Hall–Kier alpha value is -3.34. The van der Waals surface area contributed by atoms with Gasteiger partial charge in [0.05, 0.1) is 14.7 Å². The maximum absolute atomic E-state index is 12.8. The number of aromatic nitrogens is 1. The van der Waals surface area contributed by atoms with Gasteiger partial charge in [-0.25, -0.2) is 22.0 Å². The number of primary sulfonamides is 1. The first-order valence-corrected chi connectivity index (χ1v) is 11.6. The molecule has 1 heterocycles. The Morgan fingerprint density at radius 2 is 1.60 bits per heavy atom. The second-order valence-electron chi connectivity index (χ2n) is 6.16. The van der Waals surface area contributed by atoms with Gasteiger partial charge in [-0.2, -0.15) is 0 Å². The lowest BCUT2D eigenvalue weighted by molar-refractivity contribution is -0.111. The van der Waals surface area contributed by atoms with E-state index in [4.69, 9.17) is 5.14 Å². The third-order valence-corrected chi connectivity index (χ3v) is 6.67. The highest BCUT2D eigenvalue weighted by atomic mass is 32.2. The van der Waals surface area contributed by atoms with Crippen LogP contribution in [-0.4, -0.2) is 27.7 Å². The van der Waals surface area contributed by atoms with Gasteiger partial charge < -0.3 is 5.32 Å². The number of hydrogen-bond donors (Lipinski definition) is 2. The van der Waals surface area contributed by atoms with Crippen molar-refractivity contribution in [2.24, 2.45) is 5.14 Å². The van der Waals surface area contributed by atoms with Crippen molar-refractivity contribution < 1.29 is 21.6 Å². The van der Waals surface area contributed by atoms with Gasteiger partial charge in [0.25, 0.3) is 0 Å². The zero-order valence-corrected chi connectivity index (χ0v) is 17.1. The number of sulfonamides is 1. The first-order valence-electron chi connectivity index (χ1n) is 8.53. The van der Waals surface area contributed by atoms with Crippen LogP contribution in [-0.2, 0) is 24.7 Å². The minimum atomic E-state index is -4.04. The Labute approximate surface area is 174 Å². The molecule has 0 bridgehead atoms. The number of hydrogen-bond acceptors (Lipinski definition) is 6. The summed E-state index contributed by atoms with van der Waals surface area (Å²) in [4.78, 5) is 15.4. The van der Waals surface area contributed by atoms with Gasteiger partial charge in [-0.05, 0) is 60.2 Å². The van der Waals surface area contributed by atoms with Crippen LogP contribution in [0.25, 0.3) is 6.08 Å². The zero-order chi connectivity index (χ0) is 21.8. The molecular formula is C20H17N3O5S2. The Morgan fingerprint density at radius 1 is 0.900 bits per heavy atom. The van der Waals surface area contributed by atoms with Crippen molar-refractivity contribution in [3.63, 3.8) is 0 Å². The van der Waals surface area contributed by atoms with E-state index < -0.39 is 25.8 Å². The van der Waals surface area contributed by atoms with E-state index in [2.05, 4.69) is 10.3 Å². The summed E-state index contributed by atoms with van der Waals surface area (Å²) in [5.41, 5.74) is 1.16. The van der Waals surface area contributed by atoms with Crippen molar-refractivity contribution in [3.8, 4) is 0 Å². The molecule has 3 rings (SSSR count). The number of nitrogens with one attached hydrogen (secondary N) is 1. The maximum atomic E-state index is 12.8. The fourth-order valence-electron chi connectivity index (χ4n) is 2.50. The van der Waals surface area contributed by atoms with Gasteiger partial charge in [0, 0.05) is 24.2 Å². The van der Waals surface area contributed by atoms with Gasteiger partial charge in [-0.15, -0.1) is 0 Å². The van der Waals surface area contributed by atoms with Crippen molar-refractivity contribution in [3.05, 3.63) is 84.7 Å². The largest absolute Gasteiger partial charge is 0.323 e. The number of benzene rings is 2. The number of carbonyl (C=O) groups excluding carboxylic acids is 1. The van der Waals surface area contributed by atoms with Gasteiger partial charge in [0.2, 0.25) is 25.8 Å². The number of rotatable bonds is 6. The quantitative estimate of drug-likeness (QED) is 0.561. The Bertz CT molecular complexity index is 1300. The lowest BCUT2D eigenvalue weighted by Gasteiger charge is -2.08. The standard InChI is InChI=1S/C20H17N3O5S2/c21-30(27,28)19-5-1-4-18(13-19)29(25,26)17-9-7-16(8-10-17)23-20(24)11-6-15-3-2-12-22-14-15/h1-14H,(H,23,24)(H2,21,27,28). The van der Waals surface area contributed by atoms with E-state index in [9.17, 15) is 21.6 Å². The van der Waals surface area contributed by atoms with E-state index in [0.29, 0.717) is 5.69 Å². The summed E-state index contributed by atoms with van der Waals surface area (Å²) in [5, 5.41) is 7.69. The van der Waals surface area contributed by atoms with Crippen LogP contribution in [0.1, 0.15) is 5.56 Å². The highest BCUT2D eigenvalue weighted by Gasteiger charge is 2.20.